The largest absolute Gasteiger partial charge is 0.497 e. The lowest BCUT2D eigenvalue weighted by Gasteiger charge is -2.13. The van der Waals surface area contributed by atoms with Crippen LogP contribution in [0.3, 0.4) is 0 Å². The lowest BCUT2D eigenvalue weighted by molar-refractivity contribution is 0.173. The number of benzene rings is 2. The molecular weight excluding hydrogens is 473 g/mol. The van der Waals surface area contributed by atoms with Crippen LogP contribution in [0.25, 0.3) is 0 Å². The van der Waals surface area contributed by atoms with E-state index < -0.39 is 0 Å². The van der Waals surface area contributed by atoms with Gasteiger partial charge in [-0.15, -0.1) is 24.0 Å². The highest BCUT2D eigenvalue weighted by atomic mass is 127. The molecule has 2 N–H and O–H groups in total. The maximum absolute atomic E-state index is 5.73. The number of ether oxygens (including phenoxy) is 4. The highest BCUT2D eigenvalue weighted by Crippen LogP contribution is 2.34. The molecule has 8 heteroatoms. The van der Waals surface area contributed by atoms with Crippen LogP contribution >= 0.6 is 24.0 Å². The molecule has 0 aliphatic carbocycles. The first kappa shape index (κ1) is 21.9. The summed E-state index contributed by atoms with van der Waals surface area (Å²) >= 11 is 0. The first-order valence-electron chi connectivity index (χ1n) is 8.88. The van der Waals surface area contributed by atoms with Gasteiger partial charge in [-0.1, -0.05) is 12.1 Å². The Morgan fingerprint density at radius 3 is 2.46 bits per heavy atom. The lowest BCUT2D eigenvalue weighted by Crippen LogP contribution is -2.40. The van der Waals surface area contributed by atoms with E-state index in [4.69, 9.17) is 18.9 Å². The normalized spacial score (nSPS) is 12.1. The maximum Gasteiger partial charge on any atom is 0.231 e. The molecule has 0 amide bonds. The van der Waals surface area contributed by atoms with Crippen molar-refractivity contribution in [3.05, 3.63) is 48.0 Å². The van der Waals surface area contributed by atoms with Crippen molar-refractivity contribution in [3.63, 3.8) is 0 Å². The molecule has 0 saturated carbocycles. The second-order valence-corrected chi connectivity index (χ2v) is 5.89. The predicted molar refractivity (Wildman–Crippen MR) is 120 cm³/mol. The van der Waals surface area contributed by atoms with Crippen LogP contribution in [-0.2, 0) is 6.42 Å². The molecular formula is C20H26IN3O4. The summed E-state index contributed by atoms with van der Waals surface area (Å²) in [5, 5.41) is 6.53. The van der Waals surface area contributed by atoms with E-state index in [1.54, 1.807) is 14.2 Å². The van der Waals surface area contributed by atoms with E-state index in [0.717, 1.165) is 41.9 Å². The van der Waals surface area contributed by atoms with Crippen LogP contribution in [0.15, 0.2) is 47.5 Å². The summed E-state index contributed by atoms with van der Waals surface area (Å²) in [6, 6.07) is 13.6. The van der Waals surface area contributed by atoms with Gasteiger partial charge < -0.3 is 29.6 Å². The van der Waals surface area contributed by atoms with E-state index >= 15 is 0 Å². The Kier molecular flexibility index (Phi) is 8.99. The third-order valence-corrected chi connectivity index (χ3v) is 4.10. The molecule has 1 aliphatic heterocycles. The molecule has 0 saturated heterocycles. The van der Waals surface area contributed by atoms with Crippen molar-refractivity contribution in [3.8, 4) is 23.0 Å². The fourth-order valence-corrected chi connectivity index (χ4v) is 2.64. The number of methoxy groups -OCH3 is 1. The summed E-state index contributed by atoms with van der Waals surface area (Å²) < 4.78 is 21.5. The van der Waals surface area contributed by atoms with Gasteiger partial charge in [0, 0.05) is 19.7 Å². The molecule has 2 aromatic rings. The van der Waals surface area contributed by atoms with Gasteiger partial charge >= 0.3 is 0 Å². The van der Waals surface area contributed by atoms with Gasteiger partial charge in [0.1, 0.15) is 18.1 Å². The number of halogens is 1. The van der Waals surface area contributed by atoms with Gasteiger partial charge in [0.25, 0.3) is 0 Å². The number of aliphatic imine (C=N–C) groups is 1. The number of hydrogen-bond donors (Lipinski definition) is 2. The molecule has 2 aromatic carbocycles. The molecule has 0 spiro atoms. The third-order valence-electron chi connectivity index (χ3n) is 4.10. The minimum Gasteiger partial charge on any atom is -0.497 e. The standard InChI is InChI=1S/C20H25N3O4.HI/c1-21-20(22-10-9-15-3-5-16(24-2)6-4-15)23-11-12-25-17-7-8-18-19(13-17)27-14-26-18;/h3-8,13H,9-12,14H2,1-2H3,(H2,21,22,23);1H. The zero-order chi connectivity index (χ0) is 18.9. The molecule has 0 bridgehead atoms. The minimum atomic E-state index is 0. The Morgan fingerprint density at radius 1 is 1.00 bits per heavy atom. The molecule has 152 valence electrons. The van der Waals surface area contributed by atoms with Crippen molar-refractivity contribution in [2.75, 3.05) is 40.6 Å². The van der Waals surface area contributed by atoms with Crippen molar-refractivity contribution in [1.29, 1.82) is 0 Å². The first-order chi connectivity index (χ1) is 13.3. The van der Waals surface area contributed by atoms with Crippen LogP contribution < -0.4 is 29.6 Å². The van der Waals surface area contributed by atoms with Crippen LogP contribution in [0.1, 0.15) is 5.56 Å². The van der Waals surface area contributed by atoms with Gasteiger partial charge in [0.05, 0.1) is 13.7 Å². The molecule has 3 rings (SSSR count). The highest BCUT2D eigenvalue weighted by Gasteiger charge is 2.13. The smallest absolute Gasteiger partial charge is 0.231 e. The summed E-state index contributed by atoms with van der Waals surface area (Å²) in [5.41, 5.74) is 1.24. The van der Waals surface area contributed by atoms with Gasteiger partial charge in [0.15, 0.2) is 17.5 Å². The summed E-state index contributed by atoms with van der Waals surface area (Å²) in [7, 11) is 3.42. The Hall–Kier alpha value is -2.36. The van der Waals surface area contributed by atoms with E-state index in [-0.39, 0.29) is 30.8 Å². The fourth-order valence-electron chi connectivity index (χ4n) is 2.64. The van der Waals surface area contributed by atoms with Crippen LogP contribution in [0.4, 0.5) is 0 Å². The van der Waals surface area contributed by atoms with E-state index in [1.165, 1.54) is 5.56 Å². The molecule has 7 nitrogen and oxygen atoms in total. The zero-order valence-electron chi connectivity index (χ0n) is 16.1. The van der Waals surface area contributed by atoms with Crippen LogP contribution in [-0.4, -0.2) is 46.6 Å². The highest BCUT2D eigenvalue weighted by molar-refractivity contribution is 14.0. The average molecular weight is 499 g/mol. The van der Waals surface area contributed by atoms with E-state index in [0.29, 0.717) is 13.2 Å². The van der Waals surface area contributed by atoms with E-state index in [2.05, 4.69) is 27.8 Å². The fraction of sp³-hybridized carbons (Fsp3) is 0.350. The second-order valence-electron chi connectivity index (χ2n) is 5.89. The number of nitrogens with one attached hydrogen (secondary N) is 2. The predicted octanol–water partition coefficient (Wildman–Crippen LogP) is 2.83. The summed E-state index contributed by atoms with van der Waals surface area (Å²) in [4.78, 5) is 4.22. The Balaban J connectivity index is 0.00000280. The Labute approximate surface area is 182 Å². The number of nitrogens with zero attached hydrogens (tertiary/aromatic N) is 1. The number of hydrogen-bond acceptors (Lipinski definition) is 5. The minimum absolute atomic E-state index is 0. The van der Waals surface area contributed by atoms with Gasteiger partial charge in [-0.05, 0) is 36.2 Å². The van der Waals surface area contributed by atoms with Crippen molar-refractivity contribution in [2.45, 2.75) is 6.42 Å². The van der Waals surface area contributed by atoms with Crippen molar-refractivity contribution >= 4 is 29.9 Å². The Morgan fingerprint density at radius 2 is 1.71 bits per heavy atom. The van der Waals surface area contributed by atoms with Crippen molar-refractivity contribution in [1.82, 2.24) is 10.6 Å². The number of guanidine groups is 1. The molecule has 1 aliphatic rings. The SMILES string of the molecule is CN=C(NCCOc1ccc2c(c1)OCO2)NCCc1ccc(OC)cc1.I. The van der Waals surface area contributed by atoms with Gasteiger partial charge in [-0.3, -0.25) is 4.99 Å². The zero-order valence-corrected chi connectivity index (χ0v) is 18.4. The average Bonchev–Trinajstić information content (AvgIpc) is 3.18. The second kappa shape index (κ2) is 11.5. The van der Waals surface area contributed by atoms with Gasteiger partial charge in [-0.25, -0.2) is 0 Å². The summed E-state index contributed by atoms with van der Waals surface area (Å²) in [6.07, 6.45) is 0.901. The van der Waals surface area contributed by atoms with Crippen molar-refractivity contribution < 1.29 is 18.9 Å². The number of fused-ring (bicyclic) bond motifs is 1. The van der Waals surface area contributed by atoms with E-state index in [9.17, 15) is 0 Å². The Bertz CT molecular complexity index is 769. The van der Waals surface area contributed by atoms with Crippen LogP contribution in [0.2, 0.25) is 0 Å². The quantitative estimate of drug-likeness (QED) is 0.252. The molecule has 28 heavy (non-hydrogen) atoms. The molecule has 0 atom stereocenters. The summed E-state index contributed by atoms with van der Waals surface area (Å²) in [5.74, 6) is 3.84. The molecule has 1 heterocycles. The van der Waals surface area contributed by atoms with Crippen LogP contribution in [0.5, 0.6) is 23.0 Å². The van der Waals surface area contributed by atoms with E-state index in [1.807, 2.05) is 30.3 Å². The monoisotopic (exact) mass is 499 g/mol. The topological polar surface area (TPSA) is 73.3 Å². The molecule has 0 radical (unpaired) electrons. The molecule has 0 aromatic heterocycles. The van der Waals surface area contributed by atoms with Crippen LogP contribution in [0, 0.1) is 0 Å². The number of rotatable bonds is 8. The van der Waals surface area contributed by atoms with Gasteiger partial charge in [0.2, 0.25) is 6.79 Å². The maximum atomic E-state index is 5.73. The molecule has 0 fully saturated rings. The van der Waals surface area contributed by atoms with Gasteiger partial charge in [-0.2, -0.15) is 0 Å². The lowest BCUT2D eigenvalue weighted by atomic mass is 10.1. The first-order valence-corrected chi connectivity index (χ1v) is 8.88. The molecule has 0 unspecified atom stereocenters. The summed E-state index contributed by atoms with van der Waals surface area (Å²) in [6.45, 7) is 2.20. The van der Waals surface area contributed by atoms with Crippen molar-refractivity contribution in [2.24, 2.45) is 4.99 Å². The third kappa shape index (κ3) is 6.36.